The molecule has 1 unspecified atom stereocenters. The molecule has 106 valence electrons. The second-order valence-corrected chi connectivity index (χ2v) is 4.73. The number of hydrogen-bond donors (Lipinski definition) is 2. The van der Waals surface area contributed by atoms with Crippen LogP contribution in [0.25, 0.3) is 0 Å². The minimum Gasteiger partial charge on any atom is -0.396 e. The number of aryl methyl sites for hydroxylation is 1. The summed E-state index contributed by atoms with van der Waals surface area (Å²) >= 11 is 6.03. The van der Waals surface area contributed by atoms with Gasteiger partial charge in [0, 0.05) is 25.2 Å². The molecule has 0 spiro atoms. The van der Waals surface area contributed by atoms with E-state index in [1.165, 1.54) is 0 Å². The van der Waals surface area contributed by atoms with Crippen molar-refractivity contribution in [2.45, 2.75) is 25.3 Å². The van der Waals surface area contributed by atoms with Gasteiger partial charge in [-0.15, -0.1) is 0 Å². The summed E-state index contributed by atoms with van der Waals surface area (Å²) in [5, 5.41) is 12.4. The molecule has 19 heavy (non-hydrogen) atoms. The van der Waals surface area contributed by atoms with E-state index in [2.05, 4.69) is 5.32 Å². The van der Waals surface area contributed by atoms with Gasteiger partial charge in [-0.05, 0) is 24.5 Å². The Balaban J connectivity index is 2.40. The van der Waals surface area contributed by atoms with Crippen molar-refractivity contribution in [1.82, 2.24) is 5.32 Å². The molecule has 0 aromatic heterocycles. The van der Waals surface area contributed by atoms with Crippen LogP contribution < -0.4 is 5.32 Å². The van der Waals surface area contributed by atoms with Gasteiger partial charge in [-0.1, -0.05) is 29.8 Å². The highest BCUT2D eigenvalue weighted by Gasteiger charge is 2.12. The van der Waals surface area contributed by atoms with Gasteiger partial charge in [0.15, 0.2) is 0 Å². The quantitative estimate of drug-likeness (QED) is 0.765. The number of benzene rings is 1. The van der Waals surface area contributed by atoms with Crippen molar-refractivity contribution in [3.63, 3.8) is 0 Å². The fraction of sp³-hybridized carbons (Fsp3) is 0.500. The van der Waals surface area contributed by atoms with E-state index in [4.69, 9.17) is 21.4 Å². The summed E-state index contributed by atoms with van der Waals surface area (Å²) in [7, 11) is 1.57. The van der Waals surface area contributed by atoms with Crippen LogP contribution in [0.1, 0.15) is 18.4 Å². The molecule has 1 aromatic carbocycles. The van der Waals surface area contributed by atoms with Crippen LogP contribution in [0.3, 0.4) is 0 Å². The summed E-state index contributed by atoms with van der Waals surface area (Å²) in [6.07, 6.45) is 1.46. The molecule has 1 amide bonds. The van der Waals surface area contributed by atoms with Crippen molar-refractivity contribution in [3.8, 4) is 0 Å². The second kappa shape index (κ2) is 8.91. The third kappa shape index (κ3) is 6.05. The van der Waals surface area contributed by atoms with E-state index in [1.807, 2.05) is 24.3 Å². The SMILES string of the molecule is COCC(CCO)NC(=O)CCc1ccccc1Cl. The third-order valence-electron chi connectivity index (χ3n) is 2.79. The molecular weight excluding hydrogens is 266 g/mol. The highest BCUT2D eigenvalue weighted by atomic mass is 35.5. The number of aliphatic hydroxyl groups is 1. The molecule has 4 nitrogen and oxygen atoms in total. The number of halogens is 1. The lowest BCUT2D eigenvalue weighted by atomic mass is 10.1. The van der Waals surface area contributed by atoms with E-state index in [9.17, 15) is 4.79 Å². The molecule has 0 heterocycles. The zero-order valence-corrected chi connectivity index (χ0v) is 11.8. The Bertz CT molecular complexity index is 392. The average molecular weight is 286 g/mol. The van der Waals surface area contributed by atoms with Crippen LogP contribution >= 0.6 is 11.6 Å². The Labute approximate surface area is 118 Å². The summed E-state index contributed by atoms with van der Waals surface area (Å²) in [6.45, 7) is 0.428. The van der Waals surface area contributed by atoms with Gasteiger partial charge in [0.1, 0.15) is 0 Å². The Morgan fingerprint density at radius 3 is 2.84 bits per heavy atom. The van der Waals surface area contributed by atoms with Gasteiger partial charge in [-0.2, -0.15) is 0 Å². The fourth-order valence-electron chi connectivity index (χ4n) is 1.80. The lowest BCUT2D eigenvalue weighted by Gasteiger charge is -2.16. The predicted molar refractivity (Wildman–Crippen MR) is 75.3 cm³/mol. The molecule has 1 rings (SSSR count). The molecule has 5 heteroatoms. The first-order chi connectivity index (χ1) is 9.17. The average Bonchev–Trinajstić information content (AvgIpc) is 2.38. The smallest absolute Gasteiger partial charge is 0.220 e. The van der Waals surface area contributed by atoms with Crippen molar-refractivity contribution in [2.24, 2.45) is 0 Å². The van der Waals surface area contributed by atoms with Crippen LogP contribution in [-0.4, -0.2) is 37.4 Å². The highest BCUT2D eigenvalue weighted by molar-refractivity contribution is 6.31. The minimum atomic E-state index is -0.145. The van der Waals surface area contributed by atoms with Crippen LogP contribution in [0.2, 0.25) is 5.02 Å². The van der Waals surface area contributed by atoms with E-state index in [0.717, 1.165) is 5.56 Å². The number of ether oxygens (including phenoxy) is 1. The molecule has 0 saturated carbocycles. The highest BCUT2D eigenvalue weighted by Crippen LogP contribution is 2.16. The molecule has 0 aliphatic heterocycles. The van der Waals surface area contributed by atoms with Crippen LogP contribution in [0.5, 0.6) is 0 Å². The van der Waals surface area contributed by atoms with E-state index in [1.54, 1.807) is 7.11 Å². The van der Waals surface area contributed by atoms with Gasteiger partial charge in [-0.25, -0.2) is 0 Å². The van der Waals surface area contributed by atoms with Crippen molar-refractivity contribution in [2.75, 3.05) is 20.3 Å². The molecule has 0 aliphatic rings. The number of aliphatic hydroxyl groups excluding tert-OH is 1. The Morgan fingerprint density at radius 2 is 2.21 bits per heavy atom. The van der Waals surface area contributed by atoms with Crippen molar-refractivity contribution >= 4 is 17.5 Å². The van der Waals surface area contributed by atoms with Gasteiger partial charge in [0.2, 0.25) is 5.91 Å². The van der Waals surface area contributed by atoms with Gasteiger partial charge in [-0.3, -0.25) is 4.79 Å². The fourth-order valence-corrected chi connectivity index (χ4v) is 2.03. The first-order valence-electron chi connectivity index (χ1n) is 6.30. The van der Waals surface area contributed by atoms with Crippen LogP contribution in [0, 0.1) is 0 Å². The zero-order valence-electron chi connectivity index (χ0n) is 11.1. The predicted octanol–water partition coefficient (Wildman–Crippen LogP) is 1.79. The Hall–Kier alpha value is -1.10. The van der Waals surface area contributed by atoms with Crippen LogP contribution in [0.15, 0.2) is 24.3 Å². The molecular formula is C14H20ClNO3. The van der Waals surface area contributed by atoms with E-state index >= 15 is 0 Å². The molecule has 2 N–H and O–H groups in total. The van der Waals surface area contributed by atoms with Gasteiger partial charge in [0.05, 0.1) is 12.6 Å². The van der Waals surface area contributed by atoms with Gasteiger partial charge in [0.25, 0.3) is 0 Å². The number of hydrogen-bond acceptors (Lipinski definition) is 3. The largest absolute Gasteiger partial charge is 0.396 e. The summed E-state index contributed by atoms with van der Waals surface area (Å²) in [6, 6.07) is 7.35. The number of nitrogens with one attached hydrogen (secondary N) is 1. The number of carbonyl (C=O) groups excluding carboxylic acids is 1. The normalized spacial score (nSPS) is 12.2. The maximum absolute atomic E-state index is 11.8. The molecule has 1 atom stereocenters. The topological polar surface area (TPSA) is 58.6 Å². The second-order valence-electron chi connectivity index (χ2n) is 4.32. The summed E-state index contributed by atoms with van der Waals surface area (Å²) in [5.74, 6) is -0.0598. The minimum absolute atomic E-state index is 0.0266. The standard InChI is InChI=1S/C14H20ClNO3/c1-19-10-12(8-9-17)16-14(18)7-6-11-4-2-3-5-13(11)15/h2-5,12,17H,6-10H2,1H3,(H,16,18). The molecule has 0 aliphatic carbocycles. The van der Waals surface area contributed by atoms with Crippen LogP contribution in [0.4, 0.5) is 0 Å². The summed E-state index contributed by atoms with van der Waals surface area (Å²) in [4.78, 5) is 11.8. The van der Waals surface area contributed by atoms with Gasteiger partial charge < -0.3 is 15.2 Å². The monoisotopic (exact) mass is 285 g/mol. The maximum Gasteiger partial charge on any atom is 0.220 e. The van der Waals surface area contributed by atoms with E-state index < -0.39 is 0 Å². The van der Waals surface area contributed by atoms with Crippen molar-refractivity contribution < 1.29 is 14.6 Å². The van der Waals surface area contributed by atoms with Gasteiger partial charge >= 0.3 is 0 Å². The maximum atomic E-state index is 11.8. The summed E-state index contributed by atoms with van der Waals surface area (Å²) in [5.41, 5.74) is 0.963. The first kappa shape index (κ1) is 16.0. The lowest BCUT2D eigenvalue weighted by Crippen LogP contribution is -2.38. The Morgan fingerprint density at radius 1 is 1.47 bits per heavy atom. The number of rotatable bonds is 8. The number of methoxy groups -OCH3 is 1. The lowest BCUT2D eigenvalue weighted by molar-refractivity contribution is -0.122. The van der Waals surface area contributed by atoms with E-state index in [0.29, 0.717) is 30.9 Å². The molecule has 0 radical (unpaired) electrons. The summed E-state index contributed by atoms with van der Waals surface area (Å²) < 4.78 is 4.99. The Kier molecular flexibility index (Phi) is 7.48. The van der Waals surface area contributed by atoms with Crippen LogP contribution in [-0.2, 0) is 16.0 Å². The number of carbonyl (C=O) groups is 1. The zero-order chi connectivity index (χ0) is 14.1. The first-order valence-corrected chi connectivity index (χ1v) is 6.67. The van der Waals surface area contributed by atoms with E-state index in [-0.39, 0.29) is 18.6 Å². The third-order valence-corrected chi connectivity index (χ3v) is 3.16. The molecule has 0 saturated heterocycles. The van der Waals surface area contributed by atoms with Crippen molar-refractivity contribution in [3.05, 3.63) is 34.9 Å². The van der Waals surface area contributed by atoms with Crippen molar-refractivity contribution in [1.29, 1.82) is 0 Å². The molecule has 1 aromatic rings. The molecule has 0 fully saturated rings. The number of amides is 1. The molecule has 0 bridgehead atoms.